The first kappa shape index (κ1) is 13.8. The van der Waals surface area contributed by atoms with Crippen LogP contribution in [0.3, 0.4) is 0 Å². The third kappa shape index (κ3) is 3.88. The highest BCUT2D eigenvalue weighted by molar-refractivity contribution is 9.10. The van der Waals surface area contributed by atoms with Gasteiger partial charge in [-0.2, -0.15) is 0 Å². The van der Waals surface area contributed by atoms with Crippen LogP contribution in [0.2, 0.25) is 0 Å². The second-order valence-corrected chi connectivity index (χ2v) is 3.91. The monoisotopic (exact) mass is 313 g/mol. The normalized spacial score (nSPS) is 11.4. The maximum atomic E-state index is 12.0. The molecule has 0 saturated heterocycles. The van der Waals surface area contributed by atoms with Crippen molar-refractivity contribution >= 4 is 21.9 Å². The molecule has 0 atom stereocenters. The van der Waals surface area contributed by atoms with Gasteiger partial charge in [-0.1, -0.05) is 0 Å². The fourth-order valence-electron chi connectivity index (χ4n) is 1.15. The van der Waals surface area contributed by atoms with Gasteiger partial charge in [0.15, 0.2) is 5.75 Å². The van der Waals surface area contributed by atoms with Crippen molar-refractivity contribution in [3.05, 3.63) is 21.9 Å². The number of carbonyl (C=O) groups is 1. The molecule has 1 N–H and O–H groups in total. The summed E-state index contributed by atoms with van der Waals surface area (Å²) in [6, 6.07) is 0. The van der Waals surface area contributed by atoms with Crippen LogP contribution in [0.4, 0.5) is 13.2 Å². The summed E-state index contributed by atoms with van der Waals surface area (Å²) in [4.78, 5) is 14.2. The number of carboxylic acid groups (broad SMARTS) is 1. The molecule has 94 valence electrons. The second-order valence-electron chi connectivity index (χ2n) is 3.12. The lowest BCUT2D eigenvalue weighted by Crippen LogP contribution is -2.18. The highest BCUT2D eigenvalue weighted by Gasteiger charge is 2.32. The van der Waals surface area contributed by atoms with Crippen LogP contribution in [0, 0.1) is 6.92 Å². The zero-order chi connectivity index (χ0) is 13.2. The van der Waals surface area contributed by atoms with Crippen LogP contribution in [0.1, 0.15) is 11.3 Å². The molecular formula is C9H7BrF3NO3. The fraction of sp³-hybridized carbons (Fsp3) is 0.333. The number of aliphatic carboxylic acids is 1. The van der Waals surface area contributed by atoms with E-state index in [0.29, 0.717) is 5.69 Å². The number of aromatic nitrogens is 1. The number of hydrogen-bond acceptors (Lipinski definition) is 3. The van der Waals surface area contributed by atoms with E-state index >= 15 is 0 Å². The number of halogens is 4. The zero-order valence-corrected chi connectivity index (χ0v) is 10.1. The van der Waals surface area contributed by atoms with Crippen molar-refractivity contribution in [1.82, 2.24) is 4.98 Å². The summed E-state index contributed by atoms with van der Waals surface area (Å²) in [7, 11) is 0. The van der Waals surface area contributed by atoms with Gasteiger partial charge in [0.2, 0.25) is 0 Å². The molecule has 1 rings (SSSR count). The molecule has 0 amide bonds. The Balaban J connectivity index is 3.14. The van der Waals surface area contributed by atoms with Crippen LogP contribution in [0.15, 0.2) is 10.7 Å². The van der Waals surface area contributed by atoms with E-state index < -0.39 is 24.5 Å². The molecule has 0 unspecified atom stereocenters. The van der Waals surface area contributed by atoms with E-state index in [1.165, 1.54) is 6.92 Å². The van der Waals surface area contributed by atoms with Crippen molar-refractivity contribution in [2.75, 3.05) is 0 Å². The lowest BCUT2D eigenvalue weighted by molar-refractivity contribution is -0.275. The minimum absolute atomic E-state index is 0.0512. The third-order valence-electron chi connectivity index (χ3n) is 1.85. The van der Waals surface area contributed by atoms with Crippen molar-refractivity contribution in [2.24, 2.45) is 0 Å². The molecule has 1 aromatic heterocycles. The number of rotatable bonds is 3. The van der Waals surface area contributed by atoms with E-state index in [1.807, 2.05) is 0 Å². The molecule has 0 aromatic carbocycles. The number of aryl methyl sites for hydroxylation is 1. The van der Waals surface area contributed by atoms with Gasteiger partial charge < -0.3 is 9.84 Å². The van der Waals surface area contributed by atoms with Crippen LogP contribution in [0.25, 0.3) is 0 Å². The maximum absolute atomic E-state index is 12.0. The topological polar surface area (TPSA) is 59.4 Å². The number of alkyl halides is 3. The van der Waals surface area contributed by atoms with Gasteiger partial charge in [-0.15, -0.1) is 13.2 Å². The highest BCUT2D eigenvalue weighted by Crippen LogP contribution is 2.33. The average molecular weight is 314 g/mol. The first-order valence-electron chi connectivity index (χ1n) is 4.32. The first-order valence-corrected chi connectivity index (χ1v) is 5.11. The van der Waals surface area contributed by atoms with E-state index in [-0.39, 0.29) is 10.0 Å². The Morgan fingerprint density at radius 1 is 1.59 bits per heavy atom. The molecule has 0 aliphatic rings. The molecule has 0 radical (unpaired) electrons. The van der Waals surface area contributed by atoms with Gasteiger partial charge in [0, 0.05) is 11.3 Å². The minimum atomic E-state index is -4.85. The van der Waals surface area contributed by atoms with Crippen LogP contribution < -0.4 is 4.74 Å². The van der Waals surface area contributed by atoms with Gasteiger partial charge in [0.1, 0.15) is 0 Å². The predicted molar refractivity (Wildman–Crippen MR) is 54.7 cm³/mol. The molecule has 0 aliphatic carbocycles. The summed E-state index contributed by atoms with van der Waals surface area (Å²) in [6.07, 6.45) is -4.40. The molecule has 0 saturated carbocycles. The Kier molecular flexibility index (Phi) is 3.97. The lowest BCUT2D eigenvalue weighted by Gasteiger charge is -2.13. The number of ether oxygens (including phenoxy) is 1. The van der Waals surface area contributed by atoms with Crippen LogP contribution >= 0.6 is 15.9 Å². The number of nitrogens with zero attached hydrogens (tertiary/aromatic N) is 1. The smallest absolute Gasteiger partial charge is 0.481 e. The molecule has 0 spiro atoms. The number of pyridine rings is 1. The summed E-state index contributed by atoms with van der Waals surface area (Å²) < 4.78 is 39.7. The molecule has 17 heavy (non-hydrogen) atoms. The summed E-state index contributed by atoms with van der Waals surface area (Å²) in [5, 5.41) is 8.63. The molecule has 4 nitrogen and oxygen atoms in total. The van der Waals surface area contributed by atoms with Gasteiger partial charge in [-0.05, 0) is 22.9 Å². The highest BCUT2D eigenvalue weighted by atomic mass is 79.9. The second kappa shape index (κ2) is 4.91. The molecule has 8 heteroatoms. The Labute approximate surface area is 103 Å². The Hall–Kier alpha value is -1.31. The minimum Gasteiger partial charge on any atom is -0.481 e. The molecule has 0 aliphatic heterocycles. The lowest BCUT2D eigenvalue weighted by atomic mass is 10.1. The summed E-state index contributed by atoms with van der Waals surface area (Å²) in [6.45, 7) is 1.50. The molecule has 1 heterocycles. The first-order chi connectivity index (χ1) is 7.70. The summed E-state index contributed by atoms with van der Waals surface area (Å²) in [5.41, 5.74) is 0.480. The van der Waals surface area contributed by atoms with Gasteiger partial charge in [0.05, 0.1) is 17.1 Å². The third-order valence-corrected chi connectivity index (χ3v) is 2.72. The van der Waals surface area contributed by atoms with E-state index in [0.717, 1.165) is 6.20 Å². The molecule has 0 bridgehead atoms. The van der Waals surface area contributed by atoms with Gasteiger partial charge in [-0.25, -0.2) is 0 Å². The largest absolute Gasteiger partial charge is 0.573 e. The summed E-state index contributed by atoms with van der Waals surface area (Å²) in [5.74, 6) is -1.72. The molecule has 0 fully saturated rings. The van der Waals surface area contributed by atoms with Crippen molar-refractivity contribution < 1.29 is 27.8 Å². The van der Waals surface area contributed by atoms with Crippen molar-refractivity contribution in [3.63, 3.8) is 0 Å². The Morgan fingerprint density at radius 2 is 2.18 bits per heavy atom. The van der Waals surface area contributed by atoms with Crippen LogP contribution in [-0.4, -0.2) is 22.4 Å². The standard InChI is InChI=1S/C9H7BrF3NO3/c1-4-5(2-7(15)16)8(10)6(3-14-4)17-9(11,12)13/h3H,2H2,1H3,(H,15,16). The SMILES string of the molecule is Cc1ncc(OC(F)(F)F)c(Br)c1CC(=O)O. The molecule has 1 aromatic rings. The predicted octanol–water partition coefficient (Wildman–Crippen LogP) is 2.68. The van der Waals surface area contributed by atoms with Gasteiger partial charge >= 0.3 is 12.3 Å². The zero-order valence-electron chi connectivity index (χ0n) is 8.51. The van der Waals surface area contributed by atoms with Crippen molar-refractivity contribution in [3.8, 4) is 5.75 Å². The quantitative estimate of drug-likeness (QED) is 0.932. The fourth-order valence-corrected chi connectivity index (χ4v) is 1.76. The van der Waals surface area contributed by atoms with E-state index in [2.05, 4.69) is 25.7 Å². The van der Waals surface area contributed by atoms with Crippen LogP contribution in [0.5, 0.6) is 5.75 Å². The van der Waals surface area contributed by atoms with E-state index in [1.54, 1.807) is 0 Å². The van der Waals surface area contributed by atoms with Crippen molar-refractivity contribution in [1.29, 1.82) is 0 Å². The average Bonchev–Trinajstić information content (AvgIpc) is 2.15. The number of carboxylic acids is 1. The maximum Gasteiger partial charge on any atom is 0.573 e. The van der Waals surface area contributed by atoms with Gasteiger partial charge in [0.25, 0.3) is 0 Å². The van der Waals surface area contributed by atoms with Gasteiger partial charge in [-0.3, -0.25) is 9.78 Å². The Morgan fingerprint density at radius 3 is 2.65 bits per heavy atom. The van der Waals surface area contributed by atoms with E-state index in [9.17, 15) is 18.0 Å². The Bertz CT molecular complexity index is 448. The van der Waals surface area contributed by atoms with Crippen molar-refractivity contribution in [2.45, 2.75) is 19.7 Å². The summed E-state index contributed by atoms with van der Waals surface area (Å²) >= 11 is 2.88. The molecular weight excluding hydrogens is 307 g/mol. The number of hydrogen-bond donors (Lipinski definition) is 1. The van der Waals surface area contributed by atoms with E-state index in [4.69, 9.17) is 5.11 Å². The van der Waals surface area contributed by atoms with Crippen LogP contribution in [-0.2, 0) is 11.2 Å².